The Morgan fingerprint density at radius 2 is 2.08 bits per heavy atom. The van der Waals surface area contributed by atoms with E-state index in [0.29, 0.717) is 28.3 Å². The Bertz CT molecular complexity index is 958. The third kappa shape index (κ3) is 2.97. The molecule has 2 aromatic heterocycles. The van der Waals surface area contributed by atoms with Gasteiger partial charge in [-0.3, -0.25) is 4.79 Å². The molecule has 0 aliphatic carbocycles. The molecule has 2 heterocycles. The predicted octanol–water partition coefficient (Wildman–Crippen LogP) is 2.35. The molecular formula is C18H16N4O3. The highest BCUT2D eigenvalue weighted by molar-refractivity contribution is 6.00. The summed E-state index contributed by atoms with van der Waals surface area (Å²) in [6.45, 7) is 0. The van der Waals surface area contributed by atoms with Crippen LogP contribution >= 0.6 is 0 Å². The molecule has 7 nitrogen and oxygen atoms in total. The Hall–Kier alpha value is -3.53. The molecule has 126 valence electrons. The van der Waals surface area contributed by atoms with Crippen molar-refractivity contribution in [1.29, 1.82) is 5.26 Å². The van der Waals surface area contributed by atoms with Gasteiger partial charge >= 0.3 is 0 Å². The first kappa shape index (κ1) is 16.3. The third-order valence-corrected chi connectivity index (χ3v) is 3.81. The monoisotopic (exact) mass is 336 g/mol. The zero-order chi connectivity index (χ0) is 17.8. The standard InChI is InChI=1S/C18H16N4O3/c1-24-15-7-3-5-12(16(15)25-2)14(11-19)21-18(23)13-6-4-9-22-10-8-20-17(13)22/h3-10,14H,1-2H3,(H,21,23). The number of nitrogens with zero attached hydrogens (tertiary/aromatic N) is 3. The number of hydrogen-bond acceptors (Lipinski definition) is 5. The molecule has 7 heteroatoms. The molecule has 3 aromatic rings. The van der Waals surface area contributed by atoms with Crippen LogP contribution < -0.4 is 14.8 Å². The molecule has 0 radical (unpaired) electrons. The van der Waals surface area contributed by atoms with E-state index in [9.17, 15) is 10.1 Å². The molecule has 25 heavy (non-hydrogen) atoms. The maximum absolute atomic E-state index is 12.7. The quantitative estimate of drug-likeness (QED) is 0.772. The van der Waals surface area contributed by atoms with Gasteiger partial charge in [-0.2, -0.15) is 5.26 Å². The highest BCUT2D eigenvalue weighted by Gasteiger charge is 2.22. The van der Waals surface area contributed by atoms with Gasteiger partial charge in [-0.15, -0.1) is 0 Å². The van der Waals surface area contributed by atoms with E-state index in [-0.39, 0.29) is 0 Å². The van der Waals surface area contributed by atoms with Gasteiger partial charge in [0.15, 0.2) is 11.5 Å². The van der Waals surface area contributed by atoms with E-state index in [2.05, 4.69) is 16.4 Å². The average Bonchev–Trinajstić information content (AvgIpc) is 3.13. The van der Waals surface area contributed by atoms with Crippen LogP contribution in [0.15, 0.2) is 48.9 Å². The number of aromatic nitrogens is 2. The molecule has 0 spiro atoms. The lowest BCUT2D eigenvalue weighted by molar-refractivity contribution is 0.0946. The van der Waals surface area contributed by atoms with Gasteiger partial charge in [0.05, 0.1) is 25.9 Å². The third-order valence-electron chi connectivity index (χ3n) is 3.81. The lowest BCUT2D eigenvalue weighted by Crippen LogP contribution is -2.28. The van der Waals surface area contributed by atoms with Crippen LogP contribution in [-0.2, 0) is 0 Å². The minimum Gasteiger partial charge on any atom is -0.493 e. The molecule has 1 unspecified atom stereocenters. The van der Waals surface area contributed by atoms with Crippen molar-refractivity contribution >= 4 is 11.6 Å². The number of methoxy groups -OCH3 is 2. The van der Waals surface area contributed by atoms with Crippen molar-refractivity contribution in [1.82, 2.24) is 14.7 Å². The van der Waals surface area contributed by atoms with Gasteiger partial charge in [0, 0.05) is 24.2 Å². The molecule has 1 aromatic carbocycles. The van der Waals surface area contributed by atoms with Gasteiger partial charge in [0.25, 0.3) is 5.91 Å². The van der Waals surface area contributed by atoms with Crippen LogP contribution in [0.3, 0.4) is 0 Å². The topological polar surface area (TPSA) is 88.7 Å². The second-order valence-electron chi connectivity index (χ2n) is 5.20. The summed E-state index contributed by atoms with van der Waals surface area (Å²) in [7, 11) is 3.00. The fraction of sp³-hybridized carbons (Fsp3) is 0.167. The normalized spacial score (nSPS) is 11.6. The number of carbonyl (C=O) groups excluding carboxylic acids is 1. The number of imidazole rings is 1. The Morgan fingerprint density at radius 3 is 2.80 bits per heavy atom. The molecule has 0 aliphatic heterocycles. The minimum absolute atomic E-state index is 0.384. The van der Waals surface area contributed by atoms with Crippen molar-refractivity contribution < 1.29 is 14.3 Å². The fourth-order valence-electron chi connectivity index (χ4n) is 2.65. The van der Waals surface area contributed by atoms with E-state index < -0.39 is 11.9 Å². The summed E-state index contributed by atoms with van der Waals surface area (Å²) in [6.07, 6.45) is 5.16. The van der Waals surface area contributed by atoms with Crippen molar-refractivity contribution in [3.63, 3.8) is 0 Å². The molecule has 1 N–H and O–H groups in total. The summed E-state index contributed by atoms with van der Waals surface area (Å²) in [5, 5.41) is 12.3. The molecule has 0 saturated carbocycles. The highest BCUT2D eigenvalue weighted by Crippen LogP contribution is 2.34. The van der Waals surface area contributed by atoms with Gasteiger partial charge in [0.1, 0.15) is 11.7 Å². The number of ether oxygens (including phenoxy) is 2. The second-order valence-corrected chi connectivity index (χ2v) is 5.20. The second kappa shape index (κ2) is 6.93. The summed E-state index contributed by atoms with van der Waals surface area (Å²) in [6, 6.07) is 9.78. The van der Waals surface area contributed by atoms with Crippen molar-refractivity contribution in [2.45, 2.75) is 6.04 Å². The van der Waals surface area contributed by atoms with Crippen molar-refractivity contribution in [3.05, 3.63) is 60.0 Å². The minimum atomic E-state index is -0.896. The van der Waals surface area contributed by atoms with Gasteiger partial charge < -0.3 is 19.2 Å². The molecule has 3 rings (SSSR count). The van der Waals surface area contributed by atoms with E-state index in [1.165, 1.54) is 14.2 Å². The number of para-hydroxylation sites is 1. The number of rotatable bonds is 5. The van der Waals surface area contributed by atoms with E-state index >= 15 is 0 Å². The summed E-state index contributed by atoms with van der Waals surface area (Å²) in [4.78, 5) is 16.8. The molecule has 0 fully saturated rings. The first-order chi connectivity index (χ1) is 12.2. The Balaban J connectivity index is 1.95. The smallest absolute Gasteiger partial charge is 0.256 e. The highest BCUT2D eigenvalue weighted by atomic mass is 16.5. The Kier molecular flexibility index (Phi) is 4.53. The predicted molar refractivity (Wildman–Crippen MR) is 90.6 cm³/mol. The molecule has 0 aliphatic rings. The van der Waals surface area contributed by atoms with E-state index in [1.807, 2.05) is 0 Å². The van der Waals surface area contributed by atoms with Crippen LogP contribution in [0.2, 0.25) is 0 Å². The van der Waals surface area contributed by atoms with Crippen LogP contribution in [0, 0.1) is 11.3 Å². The summed E-state index contributed by atoms with van der Waals surface area (Å²) in [5.74, 6) is 0.508. The summed E-state index contributed by atoms with van der Waals surface area (Å²) < 4.78 is 12.3. The zero-order valence-electron chi connectivity index (χ0n) is 13.8. The van der Waals surface area contributed by atoms with E-state index in [0.717, 1.165) is 0 Å². The number of fused-ring (bicyclic) bond motifs is 1. The number of nitriles is 1. The largest absolute Gasteiger partial charge is 0.493 e. The van der Waals surface area contributed by atoms with Crippen LogP contribution in [0.5, 0.6) is 11.5 Å². The van der Waals surface area contributed by atoms with Gasteiger partial charge in [-0.25, -0.2) is 4.98 Å². The maximum Gasteiger partial charge on any atom is 0.256 e. The lowest BCUT2D eigenvalue weighted by atomic mass is 10.1. The first-order valence-electron chi connectivity index (χ1n) is 7.52. The fourth-order valence-corrected chi connectivity index (χ4v) is 2.65. The Labute approximate surface area is 144 Å². The van der Waals surface area contributed by atoms with Gasteiger partial charge in [0.2, 0.25) is 0 Å². The molecule has 0 saturated heterocycles. The van der Waals surface area contributed by atoms with Gasteiger partial charge in [-0.05, 0) is 18.2 Å². The maximum atomic E-state index is 12.7. The summed E-state index contributed by atoms with van der Waals surface area (Å²) >= 11 is 0. The zero-order valence-corrected chi connectivity index (χ0v) is 13.8. The van der Waals surface area contributed by atoms with E-state index in [1.54, 1.807) is 53.3 Å². The number of benzene rings is 1. The number of nitrogens with one attached hydrogen (secondary N) is 1. The van der Waals surface area contributed by atoms with Crippen molar-refractivity contribution in [2.75, 3.05) is 14.2 Å². The van der Waals surface area contributed by atoms with Crippen LogP contribution in [0.25, 0.3) is 5.65 Å². The van der Waals surface area contributed by atoms with Crippen LogP contribution in [0.4, 0.5) is 0 Å². The average molecular weight is 336 g/mol. The Morgan fingerprint density at radius 1 is 1.24 bits per heavy atom. The lowest BCUT2D eigenvalue weighted by Gasteiger charge is -2.17. The van der Waals surface area contributed by atoms with Crippen molar-refractivity contribution in [3.8, 4) is 17.6 Å². The SMILES string of the molecule is COc1cccc(C(C#N)NC(=O)c2cccn3ccnc23)c1OC. The van der Waals surface area contributed by atoms with Crippen LogP contribution in [-0.4, -0.2) is 29.5 Å². The van der Waals surface area contributed by atoms with E-state index in [4.69, 9.17) is 9.47 Å². The number of pyridine rings is 1. The summed E-state index contributed by atoms with van der Waals surface area (Å²) in [5.41, 5.74) is 1.43. The first-order valence-corrected chi connectivity index (χ1v) is 7.52. The van der Waals surface area contributed by atoms with Gasteiger partial charge in [-0.1, -0.05) is 12.1 Å². The van der Waals surface area contributed by atoms with Crippen LogP contribution in [0.1, 0.15) is 22.0 Å². The molecule has 1 atom stereocenters. The molecular weight excluding hydrogens is 320 g/mol. The molecule has 0 bridgehead atoms. The number of hydrogen-bond donors (Lipinski definition) is 1. The number of carbonyl (C=O) groups is 1. The number of amides is 1. The van der Waals surface area contributed by atoms with Crippen molar-refractivity contribution in [2.24, 2.45) is 0 Å². The molecule has 1 amide bonds.